The van der Waals surface area contributed by atoms with Crippen molar-refractivity contribution < 1.29 is 19.5 Å². The molecule has 1 heteroatoms. The van der Waals surface area contributed by atoms with Gasteiger partial charge < -0.3 is 6.92 Å². The zero-order valence-electron chi connectivity index (χ0n) is 10.5. The molecule has 0 unspecified atom stereocenters. The molecular weight excluding hydrogens is 234 g/mol. The second-order valence-electron chi connectivity index (χ2n) is 4.11. The monoisotopic (exact) mass is 259 g/mol. The molecule has 15 heavy (non-hydrogen) atoms. The maximum absolute atomic E-state index is 3.85. The molecule has 0 radical (unpaired) electrons. The van der Waals surface area contributed by atoms with Crippen molar-refractivity contribution >= 4 is 0 Å². The zero-order valence-corrected chi connectivity index (χ0v) is 13.4. The van der Waals surface area contributed by atoms with Crippen molar-refractivity contribution in [3.63, 3.8) is 0 Å². The second kappa shape index (κ2) is 16.8. The normalized spacial score (nSPS) is 9.67. The maximum atomic E-state index is 3.85. The standard InChI is InChI=1S/C14H27.Zn/c1-3-5-7-9-11-13-14-12-10-8-6-4-2;/h3H,1-2,4-14H2;/q-1;. The number of rotatable bonds is 11. The summed E-state index contributed by atoms with van der Waals surface area (Å²) in [5, 5.41) is 0. The number of unbranched alkanes of at least 4 members (excludes halogenated alkanes) is 10. The van der Waals surface area contributed by atoms with Crippen molar-refractivity contribution in [3.05, 3.63) is 19.6 Å². The van der Waals surface area contributed by atoms with Crippen molar-refractivity contribution in [2.75, 3.05) is 0 Å². The van der Waals surface area contributed by atoms with Crippen molar-refractivity contribution in [2.45, 2.75) is 70.6 Å². The Labute approximate surface area is 110 Å². The SMILES string of the molecule is C=CCCCCCCCCCCC[CH2-].[Zn]. The molecule has 0 aliphatic carbocycles. The molecule has 86 valence electrons. The fourth-order valence-corrected chi connectivity index (χ4v) is 1.70. The predicted octanol–water partition coefficient (Wildman–Crippen LogP) is 5.30. The van der Waals surface area contributed by atoms with Crippen LogP contribution in [-0.4, -0.2) is 0 Å². The summed E-state index contributed by atoms with van der Waals surface area (Å²) >= 11 is 0. The summed E-state index contributed by atoms with van der Waals surface area (Å²) in [4.78, 5) is 0. The van der Waals surface area contributed by atoms with E-state index >= 15 is 0 Å². The van der Waals surface area contributed by atoms with Gasteiger partial charge in [-0.05, 0) is 12.8 Å². The van der Waals surface area contributed by atoms with Crippen LogP contribution in [0, 0.1) is 6.92 Å². The van der Waals surface area contributed by atoms with Gasteiger partial charge in [0.05, 0.1) is 0 Å². The Morgan fingerprint density at radius 3 is 1.53 bits per heavy atom. The molecule has 0 nitrogen and oxygen atoms in total. The first kappa shape index (κ1) is 17.7. The van der Waals surface area contributed by atoms with E-state index in [9.17, 15) is 0 Å². The van der Waals surface area contributed by atoms with Gasteiger partial charge in [-0.2, -0.15) is 6.42 Å². The van der Waals surface area contributed by atoms with E-state index in [0.29, 0.717) is 0 Å². The molecular formula is C14H27Zn-. The van der Waals surface area contributed by atoms with Gasteiger partial charge in [-0.15, -0.1) is 6.58 Å². The molecule has 0 aromatic carbocycles. The number of hydrogen-bond donors (Lipinski definition) is 0. The molecule has 0 bridgehead atoms. The fourth-order valence-electron chi connectivity index (χ4n) is 1.70. The van der Waals surface area contributed by atoms with Gasteiger partial charge in [0.2, 0.25) is 0 Å². The zero-order chi connectivity index (χ0) is 10.5. The van der Waals surface area contributed by atoms with E-state index in [1.165, 1.54) is 64.2 Å². The summed E-state index contributed by atoms with van der Waals surface area (Å²) in [6.45, 7) is 7.58. The summed E-state index contributed by atoms with van der Waals surface area (Å²) in [5.41, 5.74) is 0. The molecule has 0 aliphatic heterocycles. The largest absolute Gasteiger partial charge is 0.343 e. The van der Waals surface area contributed by atoms with Gasteiger partial charge in [0.25, 0.3) is 0 Å². The minimum absolute atomic E-state index is 0. The molecule has 0 amide bonds. The third-order valence-electron chi connectivity index (χ3n) is 2.66. The fraction of sp³-hybridized carbons (Fsp3) is 0.786. The smallest absolute Gasteiger partial charge is 0 e. The molecule has 0 saturated heterocycles. The van der Waals surface area contributed by atoms with Crippen LogP contribution >= 0.6 is 0 Å². The van der Waals surface area contributed by atoms with E-state index in [2.05, 4.69) is 13.5 Å². The first-order valence-corrected chi connectivity index (χ1v) is 6.32. The van der Waals surface area contributed by atoms with Crippen molar-refractivity contribution in [1.82, 2.24) is 0 Å². The Kier molecular flexibility index (Phi) is 19.9. The average molecular weight is 261 g/mol. The van der Waals surface area contributed by atoms with Gasteiger partial charge in [-0.1, -0.05) is 57.4 Å². The van der Waals surface area contributed by atoms with Crippen LogP contribution < -0.4 is 0 Å². The van der Waals surface area contributed by atoms with E-state index in [1.807, 2.05) is 6.08 Å². The Morgan fingerprint density at radius 2 is 1.13 bits per heavy atom. The van der Waals surface area contributed by atoms with Crippen LogP contribution in [0.1, 0.15) is 70.6 Å². The van der Waals surface area contributed by atoms with Gasteiger partial charge in [-0.3, -0.25) is 0 Å². The Morgan fingerprint density at radius 1 is 0.733 bits per heavy atom. The summed E-state index contributed by atoms with van der Waals surface area (Å²) in [7, 11) is 0. The molecule has 0 aliphatic rings. The first-order valence-electron chi connectivity index (χ1n) is 6.32. The molecule has 0 rings (SSSR count). The van der Waals surface area contributed by atoms with Crippen LogP contribution in [0.4, 0.5) is 0 Å². The van der Waals surface area contributed by atoms with Gasteiger partial charge in [0.15, 0.2) is 0 Å². The van der Waals surface area contributed by atoms with Crippen molar-refractivity contribution in [3.8, 4) is 0 Å². The summed E-state index contributed by atoms with van der Waals surface area (Å²) in [6.07, 6.45) is 16.9. The Bertz CT molecular complexity index is 110. The number of allylic oxidation sites excluding steroid dienone is 1. The Hall–Kier alpha value is 0.363. The van der Waals surface area contributed by atoms with Gasteiger partial charge in [0.1, 0.15) is 0 Å². The third-order valence-corrected chi connectivity index (χ3v) is 2.66. The molecule has 0 fully saturated rings. The summed E-state index contributed by atoms with van der Waals surface area (Å²) in [5.74, 6) is 0. The molecule has 0 saturated carbocycles. The van der Waals surface area contributed by atoms with Gasteiger partial charge >= 0.3 is 0 Å². The minimum atomic E-state index is 0. The van der Waals surface area contributed by atoms with E-state index in [4.69, 9.17) is 0 Å². The first-order chi connectivity index (χ1) is 6.91. The number of hydrogen-bond acceptors (Lipinski definition) is 0. The van der Waals surface area contributed by atoms with Gasteiger partial charge in [0, 0.05) is 19.5 Å². The van der Waals surface area contributed by atoms with Crippen molar-refractivity contribution in [2.24, 2.45) is 0 Å². The van der Waals surface area contributed by atoms with Crippen LogP contribution in [0.15, 0.2) is 12.7 Å². The third kappa shape index (κ3) is 17.0. The van der Waals surface area contributed by atoms with E-state index < -0.39 is 0 Å². The second-order valence-corrected chi connectivity index (χ2v) is 4.11. The predicted molar refractivity (Wildman–Crippen MR) is 66.3 cm³/mol. The quantitative estimate of drug-likeness (QED) is 0.205. The van der Waals surface area contributed by atoms with Crippen LogP contribution in [0.2, 0.25) is 0 Å². The van der Waals surface area contributed by atoms with E-state index in [0.717, 1.165) is 6.42 Å². The molecule has 0 N–H and O–H groups in total. The van der Waals surface area contributed by atoms with Crippen LogP contribution in [-0.2, 0) is 19.5 Å². The van der Waals surface area contributed by atoms with Crippen molar-refractivity contribution in [1.29, 1.82) is 0 Å². The van der Waals surface area contributed by atoms with Crippen LogP contribution in [0.3, 0.4) is 0 Å². The van der Waals surface area contributed by atoms with Crippen LogP contribution in [0.5, 0.6) is 0 Å². The summed E-state index contributed by atoms with van der Waals surface area (Å²) in [6, 6.07) is 0. The average Bonchev–Trinajstić information content (AvgIpc) is 2.21. The molecule has 0 heterocycles. The van der Waals surface area contributed by atoms with Crippen LogP contribution in [0.25, 0.3) is 0 Å². The van der Waals surface area contributed by atoms with E-state index in [1.54, 1.807) is 0 Å². The Balaban J connectivity index is 0. The molecule has 0 atom stereocenters. The topological polar surface area (TPSA) is 0 Å². The van der Waals surface area contributed by atoms with Gasteiger partial charge in [-0.25, -0.2) is 0 Å². The molecule has 0 spiro atoms. The summed E-state index contributed by atoms with van der Waals surface area (Å²) < 4.78 is 0. The maximum Gasteiger partial charge on any atom is 0 e. The molecule has 0 aromatic heterocycles. The minimum Gasteiger partial charge on any atom is -0.343 e. The molecule has 0 aromatic rings. The van der Waals surface area contributed by atoms with E-state index in [-0.39, 0.29) is 19.5 Å².